The highest BCUT2D eigenvalue weighted by molar-refractivity contribution is 6.31. The van der Waals surface area contributed by atoms with Crippen LogP contribution >= 0.6 is 11.6 Å². The highest BCUT2D eigenvalue weighted by atomic mass is 35.5. The molecule has 1 aliphatic rings. The third kappa shape index (κ3) is 4.22. The normalized spacial score (nSPS) is 14.6. The lowest BCUT2D eigenvalue weighted by Gasteiger charge is -2.34. The smallest absolute Gasteiger partial charge is 0.242 e. The Morgan fingerprint density at radius 1 is 1.26 bits per heavy atom. The summed E-state index contributed by atoms with van der Waals surface area (Å²) in [5.74, 6) is -0.347. The van der Waals surface area contributed by atoms with Crippen molar-refractivity contribution in [1.29, 1.82) is 0 Å². The van der Waals surface area contributed by atoms with Gasteiger partial charge in [-0.25, -0.2) is 0 Å². The Kier molecular flexibility index (Phi) is 5.60. The van der Waals surface area contributed by atoms with Crippen LogP contribution in [0.5, 0.6) is 0 Å². The maximum atomic E-state index is 12.5. The van der Waals surface area contributed by atoms with Crippen molar-refractivity contribution in [3.63, 3.8) is 0 Å². The summed E-state index contributed by atoms with van der Waals surface area (Å²) in [6.07, 6.45) is 0.791. The number of anilines is 1. The number of nitrogens with zero attached hydrogens (tertiary/aromatic N) is 3. The van der Waals surface area contributed by atoms with Gasteiger partial charge in [-0.15, -0.1) is 0 Å². The molecule has 0 atom stereocenters. The SMILES string of the molecule is CC(=O)N(CC(=O)N1CCN(C=O)CC1)c1cc(Cl)ccc1C. The molecule has 0 radical (unpaired) electrons. The highest BCUT2D eigenvalue weighted by Gasteiger charge is 2.24. The number of halogens is 1. The van der Waals surface area contributed by atoms with Crippen molar-refractivity contribution in [2.45, 2.75) is 13.8 Å². The van der Waals surface area contributed by atoms with Gasteiger partial charge in [-0.1, -0.05) is 17.7 Å². The second-order valence-electron chi connectivity index (χ2n) is 5.56. The monoisotopic (exact) mass is 337 g/mol. The zero-order chi connectivity index (χ0) is 17.0. The zero-order valence-corrected chi connectivity index (χ0v) is 14.0. The number of benzene rings is 1. The highest BCUT2D eigenvalue weighted by Crippen LogP contribution is 2.24. The summed E-state index contributed by atoms with van der Waals surface area (Å²) in [6.45, 7) is 5.27. The molecule has 0 saturated carbocycles. The standard InChI is InChI=1S/C16H20ClN3O3/c1-12-3-4-14(17)9-15(12)20(13(2)22)10-16(23)19-7-5-18(11-21)6-8-19/h3-4,9,11H,5-8,10H2,1-2H3. The van der Waals surface area contributed by atoms with Crippen LogP contribution < -0.4 is 4.90 Å². The molecular weight excluding hydrogens is 318 g/mol. The molecule has 0 aromatic heterocycles. The molecule has 124 valence electrons. The largest absolute Gasteiger partial charge is 0.342 e. The Morgan fingerprint density at radius 2 is 1.91 bits per heavy atom. The summed E-state index contributed by atoms with van der Waals surface area (Å²) >= 11 is 6.01. The number of aryl methyl sites for hydroxylation is 1. The quantitative estimate of drug-likeness (QED) is 0.778. The summed E-state index contributed by atoms with van der Waals surface area (Å²) in [7, 11) is 0. The molecule has 1 fully saturated rings. The first kappa shape index (κ1) is 17.3. The minimum atomic E-state index is -0.213. The molecule has 23 heavy (non-hydrogen) atoms. The fourth-order valence-corrected chi connectivity index (χ4v) is 2.72. The number of carbonyl (C=O) groups is 3. The third-order valence-electron chi connectivity index (χ3n) is 3.95. The van der Waals surface area contributed by atoms with Gasteiger partial charge in [0.25, 0.3) is 0 Å². The average Bonchev–Trinajstić information content (AvgIpc) is 2.54. The number of hydrogen-bond donors (Lipinski definition) is 0. The topological polar surface area (TPSA) is 60.9 Å². The fourth-order valence-electron chi connectivity index (χ4n) is 2.55. The Bertz CT molecular complexity index is 613. The molecule has 0 spiro atoms. The van der Waals surface area contributed by atoms with Gasteiger partial charge in [0.2, 0.25) is 18.2 Å². The summed E-state index contributed by atoms with van der Waals surface area (Å²) in [5.41, 5.74) is 1.52. The molecule has 1 aromatic carbocycles. The summed E-state index contributed by atoms with van der Waals surface area (Å²) in [6, 6.07) is 5.26. The van der Waals surface area contributed by atoms with Gasteiger partial charge in [0.15, 0.2) is 0 Å². The molecule has 1 aliphatic heterocycles. The van der Waals surface area contributed by atoms with E-state index in [1.165, 1.54) is 11.8 Å². The lowest BCUT2D eigenvalue weighted by Crippen LogP contribution is -2.51. The van der Waals surface area contributed by atoms with E-state index in [0.717, 1.165) is 12.0 Å². The summed E-state index contributed by atoms with van der Waals surface area (Å²) in [4.78, 5) is 39.9. The van der Waals surface area contributed by atoms with Crippen molar-refractivity contribution in [1.82, 2.24) is 9.80 Å². The van der Waals surface area contributed by atoms with Gasteiger partial charge >= 0.3 is 0 Å². The average molecular weight is 338 g/mol. The van der Waals surface area contributed by atoms with Crippen LogP contribution in [0.4, 0.5) is 5.69 Å². The first-order valence-electron chi connectivity index (χ1n) is 7.43. The van der Waals surface area contributed by atoms with Crippen molar-refractivity contribution in [2.24, 2.45) is 0 Å². The van der Waals surface area contributed by atoms with Crippen LogP contribution in [0, 0.1) is 6.92 Å². The summed E-state index contributed by atoms with van der Waals surface area (Å²) < 4.78 is 0. The molecule has 2 rings (SSSR count). The number of amides is 3. The number of rotatable bonds is 4. The maximum Gasteiger partial charge on any atom is 0.242 e. The number of carbonyl (C=O) groups excluding carboxylic acids is 3. The fraction of sp³-hybridized carbons (Fsp3) is 0.438. The van der Waals surface area contributed by atoms with Crippen molar-refractivity contribution >= 4 is 35.5 Å². The van der Waals surface area contributed by atoms with E-state index in [-0.39, 0.29) is 18.4 Å². The van der Waals surface area contributed by atoms with Crippen LogP contribution in [0.15, 0.2) is 18.2 Å². The van der Waals surface area contributed by atoms with Gasteiger partial charge in [0, 0.05) is 43.8 Å². The molecule has 0 aliphatic carbocycles. The van der Waals surface area contributed by atoms with E-state index >= 15 is 0 Å². The van der Waals surface area contributed by atoms with Gasteiger partial charge in [-0.3, -0.25) is 14.4 Å². The van der Waals surface area contributed by atoms with Gasteiger partial charge in [0.1, 0.15) is 6.54 Å². The van der Waals surface area contributed by atoms with E-state index in [0.29, 0.717) is 36.9 Å². The van der Waals surface area contributed by atoms with E-state index in [2.05, 4.69) is 0 Å². The van der Waals surface area contributed by atoms with E-state index in [1.54, 1.807) is 21.9 Å². The summed E-state index contributed by atoms with van der Waals surface area (Å²) in [5, 5.41) is 0.517. The van der Waals surface area contributed by atoms with Gasteiger partial charge < -0.3 is 14.7 Å². The van der Waals surface area contributed by atoms with Crippen molar-refractivity contribution < 1.29 is 14.4 Å². The second kappa shape index (κ2) is 7.46. The maximum absolute atomic E-state index is 12.5. The number of hydrogen-bond acceptors (Lipinski definition) is 3. The predicted molar refractivity (Wildman–Crippen MR) is 88.4 cm³/mol. The van der Waals surface area contributed by atoms with Crippen molar-refractivity contribution in [3.8, 4) is 0 Å². The van der Waals surface area contributed by atoms with Crippen molar-refractivity contribution in [3.05, 3.63) is 28.8 Å². The molecule has 1 saturated heterocycles. The van der Waals surface area contributed by atoms with E-state index in [9.17, 15) is 14.4 Å². The third-order valence-corrected chi connectivity index (χ3v) is 4.19. The predicted octanol–water partition coefficient (Wildman–Crippen LogP) is 1.30. The van der Waals surface area contributed by atoms with Crippen LogP contribution in [-0.4, -0.2) is 60.7 Å². The lowest BCUT2D eigenvalue weighted by molar-refractivity contribution is -0.134. The van der Waals surface area contributed by atoms with Crippen LogP contribution in [0.1, 0.15) is 12.5 Å². The van der Waals surface area contributed by atoms with Crippen LogP contribution in [0.2, 0.25) is 5.02 Å². The molecule has 0 unspecified atom stereocenters. The molecule has 7 heteroatoms. The lowest BCUT2D eigenvalue weighted by atomic mass is 10.1. The molecular formula is C16H20ClN3O3. The Hall–Kier alpha value is -2.08. The molecule has 1 heterocycles. The molecule has 6 nitrogen and oxygen atoms in total. The first-order valence-corrected chi connectivity index (χ1v) is 7.81. The van der Waals surface area contributed by atoms with Gasteiger partial charge in [-0.05, 0) is 24.6 Å². The number of piperazine rings is 1. The first-order chi connectivity index (χ1) is 10.9. The molecule has 1 aromatic rings. The Morgan fingerprint density at radius 3 is 2.48 bits per heavy atom. The van der Waals surface area contributed by atoms with Crippen molar-refractivity contribution in [2.75, 3.05) is 37.6 Å². The minimum absolute atomic E-state index is 0.0302. The second-order valence-corrected chi connectivity index (χ2v) is 5.99. The van der Waals surface area contributed by atoms with E-state index < -0.39 is 0 Å². The van der Waals surface area contributed by atoms with Crippen LogP contribution in [-0.2, 0) is 14.4 Å². The van der Waals surface area contributed by atoms with Gasteiger partial charge in [-0.2, -0.15) is 0 Å². The molecule has 0 N–H and O–H groups in total. The minimum Gasteiger partial charge on any atom is -0.342 e. The molecule has 3 amide bonds. The Labute approximate surface area is 140 Å². The Balaban J connectivity index is 2.11. The zero-order valence-electron chi connectivity index (χ0n) is 13.3. The van der Waals surface area contributed by atoms with Crippen LogP contribution in [0.3, 0.4) is 0 Å². The van der Waals surface area contributed by atoms with Gasteiger partial charge in [0.05, 0.1) is 0 Å². The molecule has 0 bridgehead atoms. The van der Waals surface area contributed by atoms with E-state index in [4.69, 9.17) is 11.6 Å². The van der Waals surface area contributed by atoms with Crippen LogP contribution in [0.25, 0.3) is 0 Å². The van der Waals surface area contributed by atoms with E-state index in [1.807, 2.05) is 13.0 Å².